The van der Waals surface area contributed by atoms with Gasteiger partial charge in [-0.1, -0.05) is 24.3 Å². The highest BCUT2D eigenvalue weighted by atomic mass is 16.5. The zero-order chi connectivity index (χ0) is 17.5. The van der Waals surface area contributed by atoms with Crippen molar-refractivity contribution in [3.8, 4) is 0 Å². The van der Waals surface area contributed by atoms with Crippen molar-refractivity contribution in [2.75, 3.05) is 24.4 Å². The Hall–Kier alpha value is -3.15. The van der Waals surface area contributed by atoms with Gasteiger partial charge in [-0.2, -0.15) is 0 Å². The SMILES string of the molecule is COC(=O)c1cccc(NC(=O)CC(=O)N(C)c2ccccc2)c1. The fourth-order valence-corrected chi connectivity index (χ4v) is 2.10. The molecule has 0 aliphatic rings. The summed E-state index contributed by atoms with van der Waals surface area (Å²) in [5.74, 6) is -1.28. The summed E-state index contributed by atoms with van der Waals surface area (Å²) in [5, 5.41) is 2.60. The van der Waals surface area contributed by atoms with Crippen LogP contribution in [-0.4, -0.2) is 31.9 Å². The number of carbonyl (C=O) groups is 3. The number of nitrogens with zero attached hydrogens (tertiary/aromatic N) is 1. The molecule has 6 heteroatoms. The minimum Gasteiger partial charge on any atom is -0.465 e. The van der Waals surface area contributed by atoms with Gasteiger partial charge in [-0.3, -0.25) is 9.59 Å². The van der Waals surface area contributed by atoms with Gasteiger partial charge in [0.15, 0.2) is 0 Å². The Labute approximate surface area is 140 Å². The highest BCUT2D eigenvalue weighted by Crippen LogP contribution is 2.14. The van der Waals surface area contributed by atoms with Crippen molar-refractivity contribution in [1.82, 2.24) is 0 Å². The molecule has 0 saturated heterocycles. The van der Waals surface area contributed by atoms with Crippen LogP contribution in [0.25, 0.3) is 0 Å². The Morgan fingerprint density at radius 1 is 1.04 bits per heavy atom. The van der Waals surface area contributed by atoms with Gasteiger partial charge < -0.3 is 15.0 Å². The molecule has 0 unspecified atom stereocenters. The van der Waals surface area contributed by atoms with Gasteiger partial charge in [-0.25, -0.2) is 4.79 Å². The van der Waals surface area contributed by atoms with E-state index in [0.717, 1.165) is 0 Å². The number of para-hydroxylation sites is 1. The number of rotatable bonds is 5. The first-order valence-corrected chi connectivity index (χ1v) is 7.31. The lowest BCUT2D eigenvalue weighted by Gasteiger charge is -2.17. The topological polar surface area (TPSA) is 75.7 Å². The van der Waals surface area contributed by atoms with Crippen molar-refractivity contribution in [3.05, 3.63) is 60.2 Å². The van der Waals surface area contributed by atoms with Crippen LogP contribution in [0.2, 0.25) is 0 Å². The number of methoxy groups -OCH3 is 1. The zero-order valence-corrected chi connectivity index (χ0v) is 13.5. The monoisotopic (exact) mass is 326 g/mol. The van der Waals surface area contributed by atoms with Gasteiger partial charge in [0, 0.05) is 18.4 Å². The lowest BCUT2D eigenvalue weighted by Crippen LogP contribution is -2.30. The van der Waals surface area contributed by atoms with Crippen LogP contribution in [0.5, 0.6) is 0 Å². The van der Waals surface area contributed by atoms with Gasteiger partial charge in [0.2, 0.25) is 11.8 Å². The Bertz CT molecular complexity index is 744. The number of hydrogen-bond acceptors (Lipinski definition) is 4. The molecule has 0 spiro atoms. The van der Waals surface area contributed by atoms with E-state index >= 15 is 0 Å². The lowest BCUT2D eigenvalue weighted by molar-refractivity contribution is -0.125. The van der Waals surface area contributed by atoms with E-state index in [2.05, 4.69) is 10.1 Å². The molecule has 0 aromatic heterocycles. The van der Waals surface area contributed by atoms with Gasteiger partial charge in [0.25, 0.3) is 0 Å². The van der Waals surface area contributed by atoms with E-state index in [-0.39, 0.29) is 12.3 Å². The number of ether oxygens (including phenoxy) is 1. The summed E-state index contributed by atoms with van der Waals surface area (Å²) in [4.78, 5) is 37.1. The summed E-state index contributed by atoms with van der Waals surface area (Å²) in [5.41, 5.74) is 1.46. The minimum atomic E-state index is -0.494. The standard InChI is InChI=1S/C18H18N2O4/c1-20(15-9-4-3-5-10-15)17(22)12-16(21)19-14-8-6-7-13(11-14)18(23)24-2/h3-11H,12H2,1-2H3,(H,19,21). The molecule has 0 bridgehead atoms. The van der Waals surface area contributed by atoms with Gasteiger partial charge in [-0.05, 0) is 30.3 Å². The zero-order valence-electron chi connectivity index (χ0n) is 13.5. The molecule has 2 amide bonds. The molecule has 0 aliphatic carbocycles. The number of anilines is 2. The fourth-order valence-electron chi connectivity index (χ4n) is 2.10. The summed E-state index contributed by atoms with van der Waals surface area (Å²) >= 11 is 0. The molecule has 0 aliphatic heterocycles. The van der Waals surface area contributed by atoms with Crippen LogP contribution in [0.1, 0.15) is 16.8 Å². The van der Waals surface area contributed by atoms with E-state index < -0.39 is 11.9 Å². The Morgan fingerprint density at radius 2 is 1.75 bits per heavy atom. The molecule has 0 heterocycles. The second-order valence-electron chi connectivity index (χ2n) is 5.09. The number of nitrogens with one attached hydrogen (secondary N) is 1. The maximum absolute atomic E-state index is 12.2. The van der Waals surface area contributed by atoms with Crippen LogP contribution in [0.4, 0.5) is 11.4 Å². The smallest absolute Gasteiger partial charge is 0.337 e. The summed E-state index contributed by atoms with van der Waals surface area (Å²) in [6, 6.07) is 15.4. The van der Waals surface area contributed by atoms with E-state index in [1.54, 1.807) is 37.4 Å². The van der Waals surface area contributed by atoms with Crippen molar-refractivity contribution < 1.29 is 19.1 Å². The number of benzene rings is 2. The molecule has 2 aromatic rings. The normalized spacial score (nSPS) is 9.92. The highest BCUT2D eigenvalue weighted by Gasteiger charge is 2.16. The molecule has 0 fully saturated rings. The van der Waals surface area contributed by atoms with Crippen LogP contribution >= 0.6 is 0 Å². The van der Waals surface area contributed by atoms with Crippen molar-refractivity contribution in [3.63, 3.8) is 0 Å². The molecule has 0 atom stereocenters. The first-order chi connectivity index (χ1) is 11.5. The third kappa shape index (κ3) is 4.42. The van der Waals surface area contributed by atoms with Gasteiger partial charge >= 0.3 is 5.97 Å². The maximum Gasteiger partial charge on any atom is 0.337 e. The Morgan fingerprint density at radius 3 is 2.42 bits per heavy atom. The van der Waals surface area contributed by atoms with Crippen molar-refractivity contribution in [2.24, 2.45) is 0 Å². The fraction of sp³-hybridized carbons (Fsp3) is 0.167. The van der Waals surface area contributed by atoms with Crippen molar-refractivity contribution in [1.29, 1.82) is 0 Å². The summed E-state index contributed by atoms with van der Waals surface area (Å²) in [6.45, 7) is 0. The van der Waals surface area contributed by atoms with Gasteiger partial charge in [0.05, 0.1) is 12.7 Å². The summed E-state index contributed by atoms with van der Waals surface area (Å²) in [6.07, 6.45) is -0.298. The van der Waals surface area contributed by atoms with Crippen molar-refractivity contribution >= 4 is 29.2 Å². The lowest BCUT2D eigenvalue weighted by atomic mass is 10.2. The Kier molecular flexibility index (Phi) is 5.68. The van der Waals surface area contributed by atoms with Gasteiger partial charge in [0.1, 0.15) is 6.42 Å². The van der Waals surface area contributed by atoms with E-state index in [9.17, 15) is 14.4 Å². The molecule has 124 valence electrons. The van der Waals surface area contributed by atoms with E-state index in [1.165, 1.54) is 18.1 Å². The van der Waals surface area contributed by atoms with E-state index in [0.29, 0.717) is 16.9 Å². The average molecular weight is 326 g/mol. The first-order valence-electron chi connectivity index (χ1n) is 7.31. The van der Waals surface area contributed by atoms with Crippen LogP contribution in [0.15, 0.2) is 54.6 Å². The van der Waals surface area contributed by atoms with Crippen LogP contribution < -0.4 is 10.2 Å². The molecule has 1 N–H and O–H groups in total. The molecule has 0 saturated carbocycles. The largest absolute Gasteiger partial charge is 0.465 e. The quantitative estimate of drug-likeness (QED) is 0.676. The highest BCUT2D eigenvalue weighted by molar-refractivity contribution is 6.09. The van der Waals surface area contributed by atoms with Crippen LogP contribution in [0.3, 0.4) is 0 Å². The third-order valence-corrected chi connectivity index (χ3v) is 3.40. The molecule has 2 aromatic carbocycles. The number of esters is 1. The molecule has 24 heavy (non-hydrogen) atoms. The second kappa shape index (κ2) is 7.92. The maximum atomic E-state index is 12.2. The number of amides is 2. The van der Waals surface area contributed by atoms with E-state index in [1.807, 2.05) is 18.2 Å². The summed E-state index contributed by atoms with van der Waals surface area (Å²) in [7, 11) is 2.90. The molecule has 2 rings (SSSR count). The average Bonchev–Trinajstić information content (AvgIpc) is 2.61. The minimum absolute atomic E-state index is 0.298. The molecule has 6 nitrogen and oxygen atoms in total. The molecular formula is C18H18N2O4. The predicted molar refractivity (Wildman–Crippen MR) is 90.9 cm³/mol. The third-order valence-electron chi connectivity index (χ3n) is 3.40. The first kappa shape index (κ1) is 17.2. The second-order valence-corrected chi connectivity index (χ2v) is 5.09. The molecule has 0 radical (unpaired) electrons. The predicted octanol–water partition coefficient (Wildman–Crippen LogP) is 2.46. The van der Waals surface area contributed by atoms with Crippen molar-refractivity contribution in [2.45, 2.75) is 6.42 Å². The van der Waals surface area contributed by atoms with Crippen LogP contribution in [0, 0.1) is 0 Å². The Balaban J connectivity index is 1.98. The molecular weight excluding hydrogens is 308 g/mol. The van der Waals surface area contributed by atoms with Gasteiger partial charge in [-0.15, -0.1) is 0 Å². The summed E-state index contributed by atoms with van der Waals surface area (Å²) < 4.78 is 4.63. The number of hydrogen-bond donors (Lipinski definition) is 1. The van der Waals surface area contributed by atoms with Crippen LogP contribution in [-0.2, 0) is 14.3 Å². The number of carbonyl (C=O) groups excluding carboxylic acids is 3. The van der Waals surface area contributed by atoms with E-state index in [4.69, 9.17) is 0 Å².